The zero-order valence-electron chi connectivity index (χ0n) is 7.36. The molecule has 0 saturated carbocycles. The quantitative estimate of drug-likeness (QED) is 0.514. The van der Waals surface area contributed by atoms with Crippen LogP contribution in [0.25, 0.3) is 0 Å². The largest absolute Gasteiger partial charge is 0.123 e. The molecule has 0 fully saturated rings. The Morgan fingerprint density at radius 3 is 2.75 bits per heavy atom. The molecule has 1 unspecified atom stereocenters. The first-order valence-electron chi connectivity index (χ1n) is 4.77. The Bertz CT molecular complexity index is 152. The average Bonchev–Trinajstić information content (AvgIpc) is 2.07. The number of allylic oxidation sites excluding steroid dienone is 2. The van der Waals surface area contributed by atoms with Crippen LogP contribution in [0.3, 0.4) is 0 Å². The van der Waals surface area contributed by atoms with E-state index in [-0.39, 0.29) is 0 Å². The highest BCUT2D eigenvalue weighted by Crippen LogP contribution is 2.21. The fourth-order valence-electron chi connectivity index (χ4n) is 1.49. The molecule has 0 aromatic heterocycles. The first-order valence-corrected chi connectivity index (χ1v) is 5.59. The molecule has 2 heteroatoms. The summed E-state index contributed by atoms with van der Waals surface area (Å²) in [5, 5.41) is 1.31. The molecule has 0 aliphatic heterocycles. The Balaban J connectivity index is 2.38. The number of hydrogen-bond donors (Lipinski definition) is 0. The highest BCUT2D eigenvalue weighted by molar-refractivity contribution is 6.29. The predicted octanol–water partition coefficient (Wildman–Crippen LogP) is 4.46. The Kier molecular flexibility index (Phi) is 5.10. The summed E-state index contributed by atoms with van der Waals surface area (Å²) >= 11 is 12.1. The number of halogens is 2. The minimum absolute atomic E-state index is 0.303. The van der Waals surface area contributed by atoms with Gasteiger partial charge in [0.2, 0.25) is 0 Å². The molecule has 12 heavy (non-hydrogen) atoms. The van der Waals surface area contributed by atoms with Gasteiger partial charge in [0, 0.05) is 10.4 Å². The summed E-state index contributed by atoms with van der Waals surface area (Å²) < 4.78 is 0. The van der Waals surface area contributed by atoms with Crippen molar-refractivity contribution < 1.29 is 0 Å². The predicted molar refractivity (Wildman–Crippen MR) is 55.9 cm³/mol. The molecule has 1 rings (SSSR count). The highest BCUT2D eigenvalue weighted by Gasteiger charge is 2.05. The molecule has 0 radical (unpaired) electrons. The minimum atomic E-state index is 0.303. The molecule has 0 spiro atoms. The molecule has 1 aliphatic carbocycles. The van der Waals surface area contributed by atoms with Crippen LogP contribution >= 0.6 is 23.2 Å². The second-order valence-electron chi connectivity index (χ2n) is 3.44. The lowest BCUT2D eigenvalue weighted by Crippen LogP contribution is -1.98. The molecular weight excluding hydrogens is 191 g/mol. The van der Waals surface area contributed by atoms with Gasteiger partial charge in [0.05, 0.1) is 0 Å². The van der Waals surface area contributed by atoms with Gasteiger partial charge in [0.15, 0.2) is 0 Å². The maximum atomic E-state index is 6.08. The van der Waals surface area contributed by atoms with Crippen molar-refractivity contribution in [2.45, 2.75) is 50.3 Å². The van der Waals surface area contributed by atoms with Gasteiger partial charge < -0.3 is 0 Å². The van der Waals surface area contributed by atoms with E-state index in [0.29, 0.717) is 5.38 Å². The van der Waals surface area contributed by atoms with Crippen LogP contribution in [0.4, 0.5) is 0 Å². The summed E-state index contributed by atoms with van der Waals surface area (Å²) in [6.45, 7) is 0. The van der Waals surface area contributed by atoms with E-state index in [1.807, 2.05) is 0 Å². The van der Waals surface area contributed by atoms with Crippen molar-refractivity contribution in [2.24, 2.45) is 0 Å². The van der Waals surface area contributed by atoms with Crippen molar-refractivity contribution in [2.75, 3.05) is 0 Å². The van der Waals surface area contributed by atoms with Crippen LogP contribution in [0.5, 0.6) is 0 Å². The number of alkyl halides is 1. The maximum Gasteiger partial charge on any atom is 0.0371 e. The second-order valence-corrected chi connectivity index (χ2v) is 4.54. The van der Waals surface area contributed by atoms with Crippen LogP contribution in [0.1, 0.15) is 44.9 Å². The van der Waals surface area contributed by atoms with Crippen LogP contribution in [0.2, 0.25) is 0 Å². The van der Waals surface area contributed by atoms with E-state index < -0.39 is 0 Å². The van der Waals surface area contributed by atoms with E-state index in [1.54, 1.807) is 0 Å². The van der Waals surface area contributed by atoms with Crippen LogP contribution in [0.15, 0.2) is 11.1 Å². The average molecular weight is 207 g/mol. The third-order valence-electron chi connectivity index (χ3n) is 2.28. The van der Waals surface area contributed by atoms with Crippen molar-refractivity contribution in [1.82, 2.24) is 0 Å². The van der Waals surface area contributed by atoms with Crippen molar-refractivity contribution in [1.29, 1.82) is 0 Å². The van der Waals surface area contributed by atoms with E-state index in [1.165, 1.54) is 25.7 Å². The normalized spacial score (nSPS) is 27.8. The summed E-state index contributed by atoms with van der Waals surface area (Å²) in [6, 6.07) is 0. The molecule has 1 aliphatic rings. The third-order valence-corrected chi connectivity index (χ3v) is 3.02. The molecule has 1 atom stereocenters. The van der Waals surface area contributed by atoms with E-state index in [9.17, 15) is 0 Å². The zero-order valence-corrected chi connectivity index (χ0v) is 8.87. The van der Waals surface area contributed by atoms with Gasteiger partial charge in [0.25, 0.3) is 0 Å². The van der Waals surface area contributed by atoms with Crippen LogP contribution in [-0.2, 0) is 0 Å². The Hall–Kier alpha value is 0.320. The molecule has 0 saturated heterocycles. The number of hydrogen-bond acceptors (Lipinski definition) is 0. The Morgan fingerprint density at radius 2 is 1.92 bits per heavy atom. The van der Waals surface area contributed by atoms with Crippen LogP contribution in [0, 0.1) is 0 Å². The van der Waals surface area contributed by atoms with Gasteiger partial charge in [-0.15, -0.1) is 11.6 Å². The summed E-state index contributed by atoms with van der Waals surface area (Å²) in [5.74, 6) is 0. The van der Waals surface area contributed by atoms with E-state index in [2.05, 4.69) is 6.08 Å². The molecule has 0 amide bonds. The fourth-order valence-corrected chi connectivity index (χ4v) is 1.96. The van der Waals surface area contributed by atoms with Crippen molar-refractivity contribution >= 4 is 23.2 Å². The zero-order chi connectivity index (χ0) is 8.81. The highest BCUT2D eigenvalue weighted by atomic mass is 35.5. The SMILES string of the molecule is ClC1=CCC(Cl)CCCCCC1. The van der Waals surface area contributed by atoms with Crippen molar-refractivity contribution in [3.05, 3.63) is 11.1 Å². The summed E-state index contributed by atoms with van der Waals surface area (Å²) in [6.07, 6.45) is 10.3. The summed E-state index contributed by atoms with van der Waals surface area (Å²) in [7, 11) is 0. The van der Waals surface area contributed by atoms with Gasteiger partial charge in [-0.25, -0.2) is 0 Å². The lowest BCUT2D eigenvalue weighted by molar-refractivity contribution is 0.594. The monoisotopic (exact) mass is 206 g/mol. The standard InChI is InChI=1S/C10H16Cl2/c11-9-5-3-1-2-4-6-10(12)8-7-9/h7,10H,1-6,8H2. The molecule has 0 nitrogen and oxygen atoms in total. The fraction of sp³-hybridized carbons (Fsp3) is 0.800. The van der Waals surface area contributed by atoms with Gasteiger partial charge in [0.1, 0.15) is 0 Å². The van der Waals surface area contributed by atoms with Gasteiger partial charge in [-0.3, -0.25) is 0 Å². The van der Waals surface area contributed by atoms with Gasteiger partial charge in [-0.2, -0.15) is 0 Å². The van der Waals surface area contributed by atoms with Crippen molar-refractivity contribution in [3.8, 4) is 0 Å². The maximum absolute atomic E-state index is 6.08. The molecule has 70 valence electrons. The molecule has 0 heterocycles. The van der Waals surface area contributed by atoms with E-state index in [0.717, 1.165) is 24.3 Å². The smallest absolute Gasteiger partial charge is 0.0371 e. The Morgan fingerprint density at radius 1 is 1.17 bits per heavy atom. The minimum Gasteiger partial charge on any atom is -0.123 e. The molecule has 0 aromatic rings. The first-order chi connectivity index (χ1) is 5.79. The molecule has 0 bridgehead atoms. The molecule has 0 aromatic carbocycles. The van der Waals surface area contributed by atoms with E-state index >= 15 is 0 Å². The number of rotatable bonds is 0. The van der Waals surface area contributed by atoms with Crippen LogP contribution < -0.4 is 0 Å². The third kappa shape index (κ3) is 4.37. The first kappa shape index (κ1) is 10.4. The lowest BCUT2D eigenvalue weighted by Gasteiger charge is -2.09. The van der Waals surface area contributed by atoms with E-state index in [4.69, 9.17) is 23.2 Å². The Labute approximate surface area is 84.9 Å². The van der Waals surface area contributed by atoms with Gasteiger partial charge in [-0.1, -0.05) is 36.9 Å². The molecule has 0 N–H and O–H groups in total. The summed E-state index contributed by atoms with van der Waals surface area (Å²) in [4.78, 5) is 0. The topological polar surface area (TPSA) is 0 Å². The summed E-state index contributed by atoms with van der Waals surface area (Å²) in [5.41, 5.74) is 0. The van der Waals surface area contributed by atoms with Gasteiger partial charge >= 0.3 is 0 Å². The van der Waals surface area contributed by atoms with Crippen LogP contribution in [-0.4, -0.2) is 5.38 Å². The molecular formula is C10H16Cl2. The second kappa shape index (κ2) is 5.88. The van der Waals surface area contributed by atoms with Crippen molar-refractivity contribution in [3.63, 3.8) is 0 Å². The van der Waals surface area contributed by atoms with Gasteiger partial charge in [-0.05, 0) is 25.7 Å². The lowest BCUT2D eigenvalue weighted by atomic mass is 10.0.